The maximum atomic E-state index is 13.4. The molecule has 0 spiro atoms. The van der Waals surface area contributed by atoms with Gasteiger partial charge in [-0.3, -0.25) is 9.59 Å². The minimum atomic E-state index is -0.673. The monoisotopic (exact) mass is 597 g/mol. The third-order valence-corrected chi connectivity index (χ3v) is 6.94. The van der Waals surface area contributed by atoms with Gasteiger partial charge in [0.15, 0.2) is 11.6 Å². The summed E-state index contributed by atoms with van der Waals surface area (Å²) >= 11 is 3.42. The van der Waals surface area contributed by atoms with Crippen LogP contribution in [0.25, 0.3) is 16.6 Å². The summed E-state index contributed by atoms with van der Waals surface area (Å²) in [6.07, 6.45) is 2.77. The molecular weight excluding hydrogens is 578 g/mol. The minimum absolute atomic E-state index is 0.0343. The molecule has 1 aliphatic rings. The third kappa shape index (κ3) is 4.30. The summed E-state index contributed by atoms with van der Waals surface area (Å²) in [5, 5.41) is 4.87. The lowest BCUT2D eigenvalue weighted by Gasteiger charge is -2.22. The van der Waals surface area contributed by atoms with Crippen LogP contribution in [0.2, 0.25) is 0 Å². The van der Waals surface area contributed by atoms with Crippen molar-refractivity contribution in [2.75, 3.05) is 12.0 Å². The normalized spacial score (nSPS) is 13.4. The Kier molecular flexibility index (Phi) is 6.35. The van der Waals surface area contributed by atoms with Crippen LogP contribution in [0.3, 0.4) is 0 Å². The zero-order valence-electron chi connectivity index (χ0n) is 21.2. The van der Waals surface area contributed by atoms with Gasteiger partial charge in [-0.05, 0) is 77.5 Å². The van der Waals surface area contributed by atoms with Gasteiger partial charge in [0.25, 0.3) is 11.8 Å². The highest BCUT2D eigenvalue weighted by molar-refractivity contribution is 9.10. The fourth-order valence-electron chi connectivity index (χ4n) is 4.61. The second-order valence-electron chi connectivity index (χ2n) is 8.95. The van der Waals surface area contributed by atoms with Crippen LogP contribution in [-0.2, 0) is 4.74 Å². The van der Waals surface area contributed by atoms with Gasteiger partial charge in [0, 0.05) is 17.8 Å². The summed E-state index contributed by atoms with van der Waals surface area (Å²) < 4.78 is 13.5. The van der Waals surface area contributed by atoms with Crippen LogP contribution in [0, 0.1) is 0 Å². The van der Waals surface area contributed by atoms with E-state index < -0.39 is 23.9 Å². The van der Waals surface area contributed by atoms with Crippen LogP contribution in [0.5, 0.6) is 5.75 Å². The molecule has 1 atom stereocenters. The van der Waals surface area contributed by atoms with E-state index >= 15 is 0 Å². The molecule has 0 saturated heterocycles. The van der Waals surface area contributed by atoms with E-state index in [1.54, 1.807) is 84.7 Å². The van der Waals surface area contributed by atoms with Crippen LogP contribution in [0.1, 0.15) is 49.8 Å². The van der Waals surface area contributed by atoms with Crippen molar-refractivity contribution < 1.29 is 23.9 Å². The lowest BCUT2D eigenvalue weighted by atomic mass is 10.1. The highest BCUT2D eigenvalue weighted by atomic mass is 79.9. The van der Waals surface area contributed by atoms with E-state index in [9.17, 15) is 14.4 Å². The fraction of sp³-hybridized carbons (Fsp3) is 0.103. The Hall–Kier alpha value is -4.90. The molecule has 1 aliphatic heterocycles. The first-order valence-corrected chi connectivity index (χ1v) is 13.0. The number of esters is 1. The second-order valence-corrected chi connectivity index (χ2v) is 9.76. The molecule has 0 unspecified atom stereocenters. The van der Waals surface area contributed by atoms with E-state index in [-0.39, 0.29) is 22.7 Å². The molecule has 0 bridgehead atoms. The second kappa shape index (κ2) is 10.0. The first-order valence-electron chi connectivity index (χ1n) is 12.2. The molecule has 0 aliphatic carbocycles. The van der Waals surface area contributed by atoms with Crippen molar-refractivity contribution in [1.29, 1.82) is 0 Å². The largest absolute Gasteiger partial charge is 0.480 e. The van der Waals surface area contributed by atoms with Crippen LogP contribution < -0.4 is 9.64 Å². The quantitative estimate of drug-likeness (QED) is 0.147. The van der Waals surface area contributed by atoms with Gasteiger partial charge < -0.3 is 9.47 Å². The number of hydrogen-bond donors (Lipinski definition) is 0. The molecular formula is C29H20BrN5O5. The van der Waals surface area contributed by atoms with Crippen molar-refractivity contribution >= 4 is 50.4 Å². The smallest absolute Gasteiger partial charge is 0.337 e. The van der Waals surface area contributed by atoms with E-state index in [0.29, 0.717) is 32.5 Å². The van der Waals surface area contributed by atoms with E-state index in [0.717, 1.165) is 4.90 Å². The van der Waals surface area contributed by atoms with Crippen molar-refractivity contribution in [2.45, 2.75) is 13.0 Å². The Morgan fingerprint density at radius 2 is 1.70 bits per heavy atom. The molecule has 198 valence electrons. The summed E-state index contributed by atoms with van der Waals surface area (Å²) in [6, 6.07) is 18.5. The molecule has 40 heavy (non-hydrogen) atoms. The van der Waals surface area contributed by atoms with Gasteiger partial charge in [0.2, 0.25) is 0 Å². The number of halogens is 1. The number of rotatable bonds is 6. The maximum Gasteiger partial charge on any atom is 0.337 e. The van der Waals surface area contributed by atoms with Crippen LogP contribution in [0.4, 0.5) is 5.82 Å². The average molecular weight is 598 g/mol. The summed E-state index contributed by atoms with van der Waals surface area (Å²) in [6.45, 7) is 1.79. The lowest BCUT2D eigenvalue weighted by molar-refractivity contribution is 0.0600. The van der Waals surface area contributed by atoms with Crippen molar-refractivity contribution in [1.82, 2.24) is 19.7 Å². The molecule has 0 N–H and O–H groups in total. The molecule has 10 nitrogen and oxygen atoms in total. The Bertz CT molecular complexity index is 1790. The van der Waals surface area contributed by atoms with Gasteiger partial charge in [-0.15, -0.1) is 0 Å². The minimum Gasteiger partial charge on any atom is -0.480 e. The first kappa shape index (κ1) is 25.4. The first-order chi connectivity index (χ1) is 19.4. The number of pyridine rings is 2. The van der Waals surface area contributed by atoms with Gasteiger partial charge in [-0.25, -0.2) is 24.3 Å². The lowest BCUT2D eigenvalue weighted by Crippen LogP contribution is -2.31. The number of imide groups is 1. The Morgan fingerprint density at radius 3 is 2.38 bits per heavy atom. The number of fused-ring (bicyclic) bond motifs is 2. The number of hydrogen-bond acceptors (Lipinski definition) is 8. The molecule has 0 saturated carbocycles. The predicted octanol–water partition coefficient (Wildman–Crippen LogP) is 5.31. The molecule has 2 amide bonds. The van der Waals surface area contributed by atoms with Crippen LogP contribution in [-0.4, -0.2) is 44.6 Å². The maximum absolute atomic E-state index is 13.4. The molecule has 2 aromatic carbocycles. The zero-order valence-corrected chi connectivity index (χ0v) is 22.8. The van der Waals surface area contributed by atoms with Crippen molar-refractivity contribution in [3.05, 3.63) is 106 Å². The van der Waals surface area contributed by atoms with E-state index in [1.165, 1.54) is 7.11 Å². The number of methoxy groups -OCH3 is 1. The SMILES string of the molecule is COC(=O)c1ccc2nc(N3C(=O)c4ccccc4C3=O)c(O[C@@H](C)c3nc(Br)ccc3-n3cccn3)cc2c1. The van der Waals surface area contributed by atoms with Crippen LogP contribution >= 0.6 is 15.9 Å². The predicted molar refractivity (Wildman–Crippen MR) is 149 cm³/mol. The molecule has 11 heteroatoms. The van der Waals surface area contributed by atoms with Crippen molar-refractivity contribution in [3.63, 3.8) is 0 Å². The highest BCUT2D eigenvalue weighted by Gasteiger charge is 2.39. The molecule has 5 aromatic rings. The summed E-state index contributed by atoms with van der Waals surface area (Å²) in [4.78, 5) is 49.3. The number of aromatic nitrogens is 4. The number of nitrogens with zero attached hydrogens (tertiary/aromatic N) is 5. The summed E-state index contributed by atoms with van der Waals surface area (Å²) in [7, 11) is 1.30. The Morgan fingerprint density at radius 1 is 0.950 bits per heavy atom. The molecule has 6 rings (SSSR count). The van der Waals surface area contributed by atoms with E-state index in [4.69, 9.17) is 9.47 Å². The number of carbonyl (C=O) groups excluding carboxylic acids is 3. The Balaban J connectivity index is 1.49. The third-order valence-electron chi connectivity index (χ3n) is 6.50. The fourth-order valence-corrected chi connectivity index (χ4v) is 4.94. The number of benzene rings is 2. The van der Waals surface area contributed by atoms with Gasteiger partial charge >= 0.3 is 5.97 Å². The molecule has 0 radical (unpaired) electrons. The number of carbonyl (C=O) groups is 3. The number of ether oxygens (including phenoxy) is 2. The van der Waals surface area contributed by atoms with Crippen molar-refractivity contribution in [2.24, 2.45) is 0 Å². The van der Waals surface area contributed by atoms with Crippen molar-refractivity contribution in [3.8, 4) is 11.4 Å². The number of amides is 2. The van der Waals surface area contributed by atoms with Gasteiger partial charge in [-0.1, -0.05) is 12.1 Å². The van der Waals surface area contributed by atoms with Gasteiger partial charge in [0.05, 0.1) is 35.0 Å². The molecule has 4 heterocycles. The van der Waals surface area contributed by atoms with E-state index in [1.807, 2.05) is 6.07 Å². The van der Waals surface area contributed by atoms with Gasteiger partial charge in [0.1, 0.15) is 16.4 Å². The van der Waals surface area contributed by atoms with E-state index in [2.05, 4.69) is 31.0 Å². The summed E-state index contributed by atoms with van der Waals surface area (Å²) in [5.74, 6) is -1.33. The standard InChI is InChI=1S/C29H20BrN5O5/c1-16(25-22(10-11-24(30)33-25)34-13-5-12-31-34)40-23-15-18-14-17(29(38)39-2)8-9-21(18)32-26(23)35-27(36)19-6-3-4-7-20(19)28(35)37/h3-16H,1-2H3/t16-/m0/s1. The zero-order chi connectivity index (χ0) is 28.0. The number of anilines is 1. The topological polar surface area (TPSA) is 117 Å². The summed E-state index contributed by atoms with van der Waals surface area (Å²) in [5.41, 5.74) is 2.57. The molecule has 0 fully saturated rings. The molecule has 3 aromatic heterocycles. The average Bonchev–Trinajstić information content (AvgIpc) is 3.59. The van der Waals surface area contributed by atoms with Gasteiger partial charge in [-0.2, -0.15) is 5.10 Å². The van der Waals surface area contributed by atoms with Crippen LogP contribution in [0.15, 0.2) is 83.7 Å². The Labute approximate surface area is 236 Å². The highest BCUT2D eigenvalue weighted by Crippen LogP contribution is 2.38.